The second-order valence-corrected chi connectivity index (χ2v) is 12.9. The van der Waals surface area contributed by atoms with Crippen molar-refractivity contribution in [3.05, 3.63) is 53.1 Å². The van der Waals surface area contributed by atoms with Gasteiger partial charge in [0.2, 0.25) is 5.78 Å². The number of Topliss-reactive ketones (excluding diaryl/α,β-unsaturated/α-hetero) is 1. The molecule has 0 saturated carbocycles. The van der Waals surface area contributed by atoms with Crippen molar-refractivity contribution in [2.45, 2.75) is 90.5 Å². The van der Waals surface area contributed by atoms with Gasteiger partial charge in [-0.25, -0.2) is 4.79 Å². The molecule has 11 heteroatoms. The first kappa shape index (κ1) is 38.3. The van der Waals surface area contributed by atoms with Crippen LogP contribution in [-0.4, -0.2) is 85.2 Å². The molecular formula is C37H52N2O9. The van der Waals surface area contributed by atoms with Gasteiger partial charge < -0.3 is 34.6 Å². The van der Waals surface area contributed by atoms with Crippen molar-refractivity contribution in [2.24, 2.45) is 5.41 Å². The second kappa shape index (κ2) is 19.0. The number of nitrogens with one attached hydrogen (secondary N) is 1. The zero-order valence-electron chi connectivity index (χ0n) is 28.8. The smallest absolute Gasteiger partial charge is 0.326 e. The summed E-state index contributed by atoms with van der Waals surface area (Å²) in [5, 5.41) is 21.3. The van der Waals surface area contributed by atoms with Crippen molar-refractivity contribution in [3.63, 3.8) is 0 Å². The number of ether oxygens (including phenoxy) is 3. The number of aliphatic carboxylic acids is 1. The van der Waals surface area contributed by atoms with Gasteiger partial charge in [0, 0.05) is 30.7 Å². The van der Waals surface area contributed by atoms with Crippen LogP contribution in [0, 0.1) is 5.41 Å². The topological polar surface area (TPSA) is 152 Å². The SMILES string of the molecule is COc1ccc(CCCc2cccc(OCC(=O)NCCCCCO)c2)c(CCC(C)(C)C(=O)C(=O)N2CCCCC2C(=O)O)c1OC. The molecule has 0 spiro atoms. The maximum Gasteiger partial charge on any atom is 0.326 e. The van der Waals surface area contributed by atoms with Crippen molar-refractivity contribution in [1.82, 2.24) is 10.2 Å². The van der Waals surface area contributed by atoms with Crippen LogP contribution in [0.4, 0.5) is 0 Å². The number of unbranched alkanes of at least 4 members (excludes halogenated alkanes) is 2. The highest BCUT2D eigenvalue weighted by Gasteiger charge is 2.40. The molecule has 2 amide bonds. The lowest BCUT2D eigenvalue weighted by molar-refractivity contribution is -0.158. The van der Waals surface area contributed by atoms with Crippen molar-refractivity contribution in [2.75, 3.05) is 40.5 Å². The van der Waals surface area contributed by atoms with Crippen LogP contribution >= 0.6 is 0 Å². The first-order chi connectivity index (χ1) is 23.0. The minimum Gasteiger partial charge on any atom is -0.493 e. The Morgan fingerprint density at radius 3 is 2.46 bits per heavy atom. The molecule has 3 rings (SSSR count). The minimum absolute atomic E-state index is 0.0684. The molecule has 1 atom stereocenters. The molecule has 1 unspecified atom stereocenters. The van der Waals surface area contributed by atoms with Crippen LogP contribution in [0.3, 0.4) is 0 Å². The van der Waals surface area contributed by atoms with Gasteiger partial charge in [0.25, 0.3) is 11.8 Å². The van der Waals surface area contributed by atoms with Crippen LogP contribution < -0.4 is 19.5 Å². The van der Waals surface area contributed by atoms with E-state index < -0.39 is 29.1 Å². The maximum atomic E-state index is 13.5. The van der Waals surface area contributed by atoms with Gasteiger partial charge in [-0.2, -0.15) is 0 Å². The van der Waals surface area contributed by atoms with Crippen LogP contribution in [-0.2, 0) is 38.4 Å². The molecular weight excluding hydrogens is 616 g/mol. The third kappa shape index (κ3) is 11.0. The Bertz CT molecular complexity index is 1390. The number of aliphatic hydroxyl groups is 1. The lowest BCUT2D eigenvalue weighted by Gasteiger charge is -2.34. The monoisotopic (exact) mass is 668 g/mol. The number of methoxy groups -OCH3 is 2. The van der Waals surface area contributed by atoms with Gasteiger partial charge in [-0.1, -0.05) is 32.0 Å². The summed E-state index contributed by atoms with van der Waals surface area (Å²) in [6, 6.07) is 10.6. The predicted molar refractivity (Wildman–Crippen MR) is 182 cm³/mol. The third-order valence-corrected chi connectivity index (χ3v) is 8.94. The van der Waals surface area contributed by atoms with E-state index in [1.54, 1.807) is 28.1 Å². The Hall–Kier alpha value is -4.12. The first-order valence-corrected chi connectivity index (χ1v) is 16.9. The zero-order chi connectivity index (χ0) is 35.1. The fourth-order valence-corrected chi connectivity index (χ4v) is 6.06. The van der Waals surface area contributed by atoms with Crippen LogP contribution in [0.5, 0.6) is 17.2 Å². The largest absolute Gasteiger partial charge is 0.493 e. The Labute approximate surface area is 283 Å². The average Bonchev–Trinajstić information content (AvgIpc) is 3.09. The van der Waals surface area contributed by atoms with E-state index in [0.717, 1.165) is 55.2 Å². The molecule has 48 heavy (non-hydrogen) atoms. The number of hydrogen-bond acceptors (Lipinski definition) is 8. The number of hydrogen-bond donors (Lipinski definition) is 3. The first-order valence-electron chi connectivity index (χ1n) is 16.9. The number of benzene rings is 2. The number of likely N-dealkylation sites (tertiary alicyclic amines) is 1. The third-order valence-electron chi connectivity index (χ3n) is 8.94. The Kier molecular flexibility index (Phi) is 15.2. The number of carboxylic acid groups (broad SMARTS) is 1. The molecule has 1 fully saturated rings. The summed E-state index contributed by atoms with van der Waals surface area (Å²) >= 11 is 0. The second-order valence-electron chi connectivity index (χ2n) is 12.9. The Balaban J connectivity index is 1.63. The number of aliphatic hydroxyl groups excluding tert-OH is 1. The summed E-state index contributed by atoms with van der Waals surface area (Å²) in [4.78, 5) is 51.8. The number of carboxylic acids is 1. The van der Waals surface area contributed by atoms with Crippen LogP contribution in [0.25, 0.3) is 0 Å². The number of nitrogens with zero attached hydrogens (tertiary/aromatic N) is 1. The zero-order valence-corrected chi connectivity index (χ0v) is 28.8. The fraction of sp³-hybridized carbons (Fsp3) is 0.568. The highest BCUT2D eigenvalue weighted by Crippen LogP contribution is 2.37. The van der Waals surface area contributed by atoms with Gasteiger partial charge in [-0.3, -0.25) is 14.4 Å². The summed E-state index contributed by atoms with van der Waals surface area (Å²) in [5.74, 6) is -0.793. The number of ketones is 1. The Morgan fingerprint density at radius 2 is 1.75 bits per heavy atom. The van der Waals surface area contributed by atoms with Gasteiger partial charge in [0.05, 0.1) is 14.2 Å². The molecule has 0 radical (unpaired) electrons. The maximum absolute atomic E-state index is 13.5. The van der Waals surface area contributed by atoms with Crippen molar-refractivity contribution >= 4 is 23.6 Å². The average molecular weight is 669 g/mol. The highest BCUT2D eigenvalue weighted by atomic mass is 16.5. The normalized spacial score (nSPS) is 14.7. The molecule has 11 nitrogen and oxygen atoms in total. The highest BCUT2D eigenvalue weighted by molar-refractivity contribution is 6.38. The van der Waals surface area contributed by atoms with E-state index in [9.17, 15) is 24.3 Å². The predicted octanol–water partition coefficient (Wildman–Crippen LogP) is 4.53. The quantitative estimate of drug-likeness (QED) is 0.137. The summed E-state index contributed by atoms with van der Waals surface area (Å²) in [6.07, 6.45) is 7.25. The van der Waals surface area contributed by atoms with E-state index in [0.29, 0.717) is 55.9 Å². The summed E-state index contributed by atoms with van der Waals surface area (Å²) in [7, 11) is 3.15. The van der Waals surface area contributed by atoms with Gasteiger partial charge >= 0.3 is 5.97 Å². The molecule has 1 aliphatic heterocycles. The van der Waals surface area contributed by atoms with Crippen molar-refractivity contribution in [3.8, 4) is 17.2 Å². The molecule has 264 valence electrons. The van der Waals surface area contributed by atoms with Crippen LogP contribution in [0.1, 0.15) is 81.9 Å². The molecule has 3 N–H and O–H groups in total. The van der Waals surface area contributed by atoms with E-state index >= 15 is 0 Å². The number of carbonyl (C=O) groups is 4. The lowest BCUT2D eigenvalue weighted by Crippen LogP contribution is -2.52. The number of amides is 2. The van der Waals surface area contributed by atoms with Gasteiger partial charge in [-0.15, -0.1) is 0 Å². The summed E-state index contributed by atoms with van der Waals surface area (Å²) in [6.45, 7) is 4.38. The molecule has 1 saturated heterocycles. The van der Waals surface area contributed by atoms with E-state index in [4.69, 9.17) is 19.3 Å². The standard InChI is InChI=1S/C37H52N2O9/c1-37(2,34(42)35(43)39-22-8-6-16-30(39)36(44)45)20-19-29-27(17-18-31(46-3)33(29)47-4)14-10-12-26-13-11-15-28(24-26)48-25-32(41)38-21-7-5-9-23-40/h11,13,15,17-18,24,30,40H,5-10,12,14,16,19-23,25H2,1-4H3,(H,38,41)(H,44,45). The number of carbonyl (C=O) groups excluding carboxylic acids is 3. The van der Waals surface area contributed by atoms with E-state index in [1.807, 2.05) is 36.4 Å². The fourth-order valence-electron chi connectivity index (χ4n) is 6.06. The van der Waals surface area contributed by atoms with Gasteiger partial charge in [0.15, 0.2) is 18.1 Å². The minimum atomic E-state index is -1.08. The van der Waals surface area contributed by atoms with Crippen molar-refractivity contribution < 1.29 is 43.6 Å². The summed E-state index contributed by atoms with van der Waals surface area (Å²) < 4.78 is 17.1. The molecule has 0 bridgehead atoms. The van der Waals surface area contributed by atoms with Gasteiger partial charge in [0.1, 0.15) is 11.8 Å². The van der Waals surface area contributed by atoms with E-state index in [1.165, 1.54) is 4.90 Å². The van der Waals surface area contributed by atoms with Gasteiger partial charge in [-0.05, 0) is 100.0 Å². The number of rotatable bonds is 20. The molecule has 2 aromatic rings. The molecule has 0 aromatic heterocycles. The Morgan fingerprint density at radius 1 is 0.958 bits per heavy atom. The molecule has 2 aromatic carbocycles. The number of aryl methyl sites for hydroxylation is 2. The van der Waals surface area contributed by atoms with Crippen LogP contribution in [0.2, 0.25) is 0 Å². The molecule has 1 aliphatic rings. The van der Waals surface area contributed by atoms with E-state index in [2.05, 4.69) is 5.32 Å². The lowest BCUT2D eigenvalue weighted by atomic mass is 9.80. The molecule has 1 heterocycles. The molecule has 0 aliphatic carbocycles. The van der Waals surface area contributed by atoms with Crippen molar-refractivity contribution in [1.29, 1.82) is 0 Å². The number of piperidine rings is 1. The summed E-state index contributed by atoms with van der Waals surface area (Å²) in [5.41, 5.74) is 2.00. The van der Waals surface area contributed by atoms with E-state index in [-0.39, 0.29) is 25.7 Å². The van der Waals surface area contributed by atoms with Crippen LogP contribution in [0.15, 0.2) is 36.4 Å².